The fourth-order valence-corrected chi connectivity index (χ4v) is 2.90. The fourth-order valence-electron chi connectivity index (χ4n) is 2.90. The molecule has 1 aliphatic carbocycles. The van der Waals surface area contributed by atoms with Gasteiger partial charge < -0.3 is 15.2 Å². The molecule has 2 heterocycles. The van der Waals surface area contributed by atoms with Gasteiger partial charge in [-0.1, -0.05) is 0 Å². The summed E-state index contributed by atoms with van der Waals surface area (Å²) < 4.78 is 11.2. The largest absolute Gasteiger partial charge is 0.378 e. The molecule has 0 aromatic rings. The molecule has 16 heavy (non-hydrogen) atoms. The average molecular weight is 225 g/mol. The van der Waals surface area contributed by atoms with E-state index in [9.17, 15) is 4.79 Å². The predicted molar refractivity (Wildman–Crippen MR) is 58.0 cm³/mol. The highest BCUT2D eigenvalue weighted by Crippen LogP contribution is 2.42. The van der Waals surface area contributed by atoms with Crippen molar-refractivity contribution in [1.82, 2.24) is 0 Å². The molecule has 90 valence electrons. The smallest absolute Gasteiger partial charge is 0.155 e. The third kappa shape index (κ3) is 1.69. The quantitative estimate of drug-likeness (QED) is 0.749. The Morgan fingerprint density at radius 2 is 2.06 bits per heavy atom. The van der Waals surface area contributed by atoms with Gasteiger partial charge in [-0.2, -0.15) is 0 Å². The first-order valence-corrected chi connectivity index (χ1v) is 6.19. The van der Waals surface area contributed by atoms with E-state index in [4.69, 9.17) is 15.2 Å². The van der Waals surface area contributed by atoms with E-state index in [0.717, 1.165) is 38.7 Å². The second-order valence-electron chi connectivity index (χ2n) is 5.54. The number of Topliss-reactive ketones (excluding diaryl/α,β-unsaturated/α-hetero) is 1. The van der Waals surface area contributed by atoms with Crippen LogP contribution >= 0.6 is 0 Å². The maximum atomic E-state index is 12.2. The summed E-state index contributed by atoms with van der Waals surface area (Å²) in [5, 5.41) is 0. The summed E-state index contributed by atoms with van der Waals surface area (Å²) in [4.78, 5) is 12.2. The van der Waals surface area contributed by atoms with Gasteiger partial charge in [0.2, 0.25) is 0 Å². The van der Waals surface area contributed by atoms with E-state index in [1.807, 2.05) is 0 Å². The highest BCUT2D eigenvalue weighted by molar-refractivity contribution is 5.93. The lowest BCUT2D eigenvalue weighted by Gasteiger charge is -2.37. The Balaban J connectivity index is 1.70. The van der Waals surface area contributed by atoms with E-state index in [-0.39, 0.29) is 17.3 Å². The van der Waals surface area contributed by atoms with Gasteiger partial charge in [0.25, 0.3) is 0 Å². The first kappa shape index (κ1) is 10.7. The Hall–Kier alpha value is -0.450. The van der Waals surface area contributed by atoms with Gasteiger partial charge in [0.15, 0.2) is 5.78 Å². The standard InChI is InChI=1S/C12H19NO3/c13-12(2-3-12)10(14)9-1-5-16-11(7-9)4-6-15-8-11/h9H,1-8,13H2. The summed E-state index contributed by atoms with van der Waals surface area (Å²) in [5.74, 6) is 0.366. The Labute approximate surface area is 95.5 Å². The molecule has 0 aromatic carbocycles. The van der Waals surface area contributed by atoms with Gasteiger partial charge in [0, 0.05) is 25.6 Å². The number of hydrogen-bond donors (Lipinski definition) is 1. The number of rotatable bonds is 2. The number of ketones is 1. The molecule has 3 fully saturated rings. The van der Waals surface area contributed by atoms with Gasteiger partial charge in [0.1, 0.15) is 0 Å². The molecule has 4 nitrogen and oxygen atoms in total. The van der Waals surface area contributed by atoms with E-state index in [2.05, 4.69) is 0 Å². The van der Waals surface area contributed by atoms with E-state index < -0.39 is 5.54 Å². The zero-order valence-electron chi connectivity index (χ0n) is 9.54. The van der Waals surface area contributed by atoms with Crippen LogP contribution in [0.5, 0.6) is 0 Å². The number of carbonyl (C=O) groups is 1. The van der Waals surface area contributed by atoms with Crippen molar-refractivity contribution in [2.24, 2.45) is 11.7 Å². The molecular weight excluding hydrogens is 206 g/mol. The molecular formula is C12H19NO3. The number of carbonyl (C=O) groups excluding carboxylic acids is 1. The van der Waals surface area contributed by atoms with Crippen LogP contribution in [0.3, 0.4) is 0 Å². The third-order valence-electron chi connectivity index (χ3n) is 4.21. The molecule has 0 aromatic heterocycles. The van der Waals surface area contributed by atoms with E-state index >= 15 is 0 Å². The van der Waals surface area contributed by atoms with Crippen LogP contribution in [0, 0.1) is 5.92 Å². The number of nitrogens with two attached hydrogens (primary N) is 1. The average Bonchev–Trinajstić information content (AvgIpc) is 2.89. The molecule has 3 aliphatic rings. The minimum atomic E-state index is -0.483. The zero-order valence-corrected chi connectivity index (χ0v) is 9.54. The van der Waals surface area contributed by atoms with E-state index in [1.165, 1.54) is 0 Å². The topological polar surface area (TPSA) is 61.6 Å². The summed E-state index contributed by atoms with van der Waals surface area (Å²) in [6.07, 6.45) is 4.30. The first-order valence-electron chi connectivity index (χ1n) is 6.19. The molecule has 0 radical (unpaired) electrons. The summed E-state index contributed by atoms with van der Waals surface area (Å²) in [5.41, 5.74) is 5.33. The van der Waals surface area contributed by atoms with Crippen molar-refractivity contribution in [3.05, 3.63) is 0 Å². The third-order valence-corrected chi connectivity index (χ3v) is 4.21. The Morgan fingerprint density at radius 1 is 1.25 bits per heavy atom. The van der Waals surface area contributed by atoms with Gasteiger partial charge in [-0.3, -0.25) is 4.79 Å². The van der Waals surface area contributed by atoms with Crippen LogP contribution in [0.25, 0.3) is 0 Å². The zero-order chi connectivity index (χ0) is 11.2. The summed E-state index contributed by atoms with van der Waals surface area (Å²) >= 11 is 0. The van der Waals surface area contributed by atoms with Crippen molar-refractivity contribution >= 4 is 5.78 Å². The maximum absolute atomic E-state index is 12.2. The molecule has 2 unspecified atom stereocenters. The van der Waals surface area contributed by atoms with Crippen LogP contribution in [-0.2, 0) is 14.3 Å². The molecule has 1 saturated carbocycles. The lowest BCUT2D eigenvalue weighted by molar-refractivity contribution is -0.139. The maximum Gasteiger partial charge on any atom is 0.155 e. The molecule has 3 rings (SSSR count). The molecule has 2 saturated heterocycles. The van der Waals surface area contributed by atoms with Crippen molar-refractivity contribution in [2.45, 2.75) is 43.2 Å². The van der Waals surface area contributed by atoms with Crippen molar-refractivity contribution in [3.63, 3.8) is 0 Å². The highest BCUT2D eigenvalue weighted by atomic mass is 16.6. The van der Waals surface area contributed by atoms with Crippen LogP contribution < -0.4 is 5.73 Å². The second-order valence-corrected chi connectivity index (χ2v) is 5.54. The molecule has 2 N–H and O–H groups in total. The van der Waals surface area contributed by atoms with Gasteiger partial charge in [-0.25, -0.2) is 0 Å². The minimum absolute atomic E-state index is 0.1000. The molecule has 1 spiro atoms. The SMILES string of the molecule is NC1(C(=O)C2CCOC3(CCOC3)C2)CC1. The molecule has 0 amide bonds. The molecule has 2 atom stereocenters. The van der Waals surface area contributed by atoms with Crippen molar-refractivity contribution in [2.75, 3.05) is 19.8 Å². The summed E-state index contributed by atoms with van der Waals surface area (Å²) in [7, 11) is 0. The predicted octanol–water partition coefficient (Wildman–Crippen LogP) is 0.632. The second kappa shape index (κ2) is 3.52. The Bertz CT molecular complexity index is 305. The molecule has 0 bridgehead atoms. The van der Waals surface area contributed by atoms with Crippen LogP contribution in [0.4, 0.5) is 0 Å². The molecule has 4 heteroatoms. The van der Waals surface area contributed by atoms with Crippen LogP contribution in [0.15, 0.2) is 0 Å². The summed E-state index contributed by atoms with van der Waals surface area (Å²) in [6, 6.07) is 0. The van der Waals surface area contributed by atoms with Crippen LogP contribution in [-0.4, -0.2) is 36.7 Å². The van der Waals surface area contributed by atoms with E-state index in [1.54, 1.807) is 0 Å². The van der Waals surface area contributed by atoms with Gasteiger partial charge in [0.05, 0.1) is 17.7 Å². The van der Waals surface area contributed by atoms with Crippen molar-refractivity contribution < 1.29 is 14.3 Å². The minimum Gasteiger partial charge on any atom is -0.378 e. The van der Waals surface area contributed by atoms with Crippen molar-refractivity contribution in [1.29, 1.82) is 0 Å². The van der Waals surface area contributed by atoms with Gasteiger partial charge in [-0.15, -0.1) is 0 Å². The fraction of sp³-hybridized carbons (Fsp3) is 0.917. The normalized spacial score (nSPS) is 41.2. The first-order chi connectivity index (χ1) is 7.64. The highest BCUT2D eigenvalue weighted by Gasteiger charge is 2.51. The van der Waals surface area contributed by atoms with E-state index in [0.29, 0.717) is 13.2 Å². The van der Waals surface area contributed by atoms with Crippen LogP contribution in [0.2, 0.25) is 0 Å². The lowest BCUT2D eigenvalue weighted by atomic mass is 9.80. The van der Waals surface area contributed by atoms with Crippen LogP contribution in [0.1, 0.15) is 32.1 Å². The Kier molecular flexibility index (Phi) is 2.35. The number of ether oxygens (including phenoxy) is 2. The lowest BCUT2D eigenvalue weighted by Crippen LogP contribution is -2.47. The van der Waals surface area contributed by atoms with Crippen molar-refractivity contribution in [3.8, 4) is 0 Å². The monoisotopic (exact) mass is 225 g/mol. The Morgan fingerprint density at radius 3 is 2.69 bits per heavy atom. The summed E-state index contributed by atoms with van der Waals surface area (Å²) in [6.45, 7) is 2.08. The van der Waals surface area contributed by atoms with Gasteiger partial charge >= 0.3 is 0 Å². The van der Waals surface area contributed by atoms with Gasteiger partial charge in [-0.05, 0) is 25.7 Å². The number of hydrogen-bond acceptors (Lipinski definition) is 4. The molecule has 2 aliphatic heterocycles.